The molecule has 0 saturated carbocycles. The van der Waals surface area contributed by atoms with Gasteiger partial charge in [0.1, 0.15) is 11.5 Å². The first-order valence-electron chi connectivity index (χ1n) is 9.59. The van der Waals surface area contributed by atoms with Crippen molar-refractivity contribution in [2.45, 2.75) is 31.2 Å². The molecule has 0 aliphatic rings. The highest BCUT2D eigenvalue weighted by molar-refractivity contribution is 7.85. The van der Waals surface area contributed by atoms with Crippen molar-refractivity contribution in [2.24, 2.45) is 0 Å². The van der Waals surface area contributed by atoms with Crippen molar-refractivity contribution in [3.63, 3.8) is 0 Å². The summed E-state index contributed by atoms with van der Waals surface area (Å²) < 4.78 is 78.5. The van der Waals surface area contributed by atoms with Gasteiger partial charge in [0.2, 0.25) is 6.10 Å². The van der Waals surface area contributed by atoms with Gasteiger partial charge in [-0.15, -0.1) is 0 Å². The summed E-state index contributed by atoms with van der Waals surface area (Å²) in [6.07, 6.45) is -8.08. The molecule has 1 N–H and O–H groups in total. The standard InChI is InChI=1S/C20H16B3F3O7S/c21-7-11-5-13(8-22)16(9-23)15(6-11)19(28)32-14-3-1-12(2-4-14)18(27)33-17(20(24,25)26)10-34(29,30)31/h1-6,17H,7-10H2,(H,29,30,31). The molecule has 0 amide bonds. The van der Waals surface area contributed by atoms with Gasteiger partial charge in [-0.3, -0.25) is 4.55 Å². The fourth-order valence-corrected chi connectivity index (χ4v) is 3.57. The number of esters is 2. The summed E-state index contributed by atoms with van der Waals surface area (Å²) in [6, 6.07) is 7.49. The van der Waals surface area contributed by atoms with Crippen LogP contribution in [0.4, 0.5) is 13.2 Å². The number of benzene rings is 2. The summed E-state index contributed by atoms with van der Waals surface area (Å²) in [4.78, 5) is 24.7. The second kappa shape index (κ2) is 11.1. The van der Waals surface area contributed by atoms with E-state index in [1.54, 1.807) is 6.07 Å². The number of hydrogen-bond donors (Lipinski definition) is 1. The van der Waals surface area contributed by atoms with Gasteiger partial charge in [-0.05, 0) is 35.9 Å². The third-order valence-electron chi connectivity index (χ3n) is 4.56. The Morgan fingerprint density at radius 2 is 1.59 bits per heavy atom. The van der Waals surface area contributed by atoms with E-state index in [0.717, 1.165) is 24.3 Å². The number of carbonyl (C=O) groups is 2. The van der Waals surface area contributed by atoms with Gasteiger partial charge in [-0.2, -0.15) is 21.6 Å². The van der Waals surface area contributed by atoms with E-state index in [1.165, 1.54) is 6.07 Å². The first kappa shape index (κ1) is 27.5. The first-order valence-corrected chi connectivity index (χ1v) is 11.2. The van der Waals surface area contributed by atoms with Gasteiger partial charge in [-0.1, -0.05) is 36.2 Å². The van der Waals surface area contributed by atoms with E-state index in [0.29, 0.717) is 16.7 Å². The predicted octanol–water partition coefficient (Wildman–Crippen LogP) is 1.89. The lowest BCUT2D eigenvalue weighted by molar-refractivity contribution is -0.197. The maximum absolute atomic E-state index is 12.9. The number of halogens is 3. The Balaban J connectivity index is 2.20. The normalized spacial score (nSPS) is 12.7. The molecule has 0 aromatic heterocycles. The smallest absolute Gasteiger partial charge is 0.426 e. The predicted molar refractivity (Wildman–Crippen MR) is 118 cm³/mol. The Labute approximate surface area is 198 Å². The molecule has 2 aromatic rings. The molecule has 34 heavy (non-hydrogen) atoms. The average Bonchev–Trinajstić information content (AvgIpc) is 2.76. The molecular weight excluding hydrogens is 474 g/mol. The van der Waals surface area contributed by atoms with Crippen molar-refractivity contribution in [3.05, 3.63) is 64.2 Å². The minimum atomic E-state index is -5.23. The molecule has 14 heteroatoms. The Morgan fingerprint density at radius 3 is 2.06 bits per heavy atom. The van der Waals surface area contributed by atoms with Crippen LogP contribution in [-0.2, 0) is 33.8 Å². The van der Waals surface area contributed by atoms with Crippen LogP contribution >= 0.6 is 0 Å². The molecule has 2 rings (SSSR count). The van der Waals surface area contributed by atoms with Crippen molar-refractivity contribution < 1.29 is 45.2 Å². The number of ether oxygens (including phenoxy) is 2. The highest BCUT2D eigenvalue weighted by Gasteiger charge is 2.45. The number of carbonyl (C=O) groups excluding carboxylic acids is 2. The topological polar surface area (TPSA) is 107 Å². The first-order chi connectivity index (χ1) is 15.8. The van der Waals surface area contributed by atoms with E-state index >= 15 is 0 Å². The molecule has 174 valence electrons. The molecule has 1 atom stereocenters. The van der Waals surface area contributed by atoms with Gasteiger partial charge in [0, 0.05) is 0 Å². The van der Waals surface area contributed by atoms with Crippen molar-refractivity contribution in [3.8, 4) is 5.75 Å². The molecule has 6 radical (unpaired) electrons. The molecule has 0 aliphatic heterocycles. The fraction of sp³-hybridized carbons (Fsp3) is 0.300. The van der Waals surface area contributed by atoms with Gasteiger partial charge in [0.15, 0.2) is 0 Å². The Morgan fingerprint density at radius 1 is 0.971 bits per heavy atom. The van der Waals surface area contributed by atoms with Crippen LogP contribution < -0.4 is 4.74 Å². The van der Waals surface area contributed by atoms with Crippen LogP contribution in [-0.4, -0.2) is 66.5 Å². The minimum Gasteiger partial charge on any atom is -0.448 e. The van der Waals surface area contributed by atoms with Gasteiger partial charge >= 0.3 is 18.1 Å². The van der Waals surface area contributed by atoms with E-state index < -0.39 is 40.1 Å². The summed E-state index contributed by atoms with van der Waals surface area (Å²) in [5.41, 5.74) is 1.43. The Kier molecular flexibility index (Phi) is 9.01. The van der Waals surface area contributed by atoms with Crippen LogP contribution in [0.5, 0.6) is 5.75 Å². The lowest BCUT2D eigenvalue weighted by atomic mass is 9.81. The van der Waals surface area contributed by atoms with Crippen LogP contribution in [0.15, 0.2) is 36.4 Å². The van der Waals surface area contributed by atoms with Gasteiger partial charge in [0.05, 0.1) is 34.7 Å². The molecule has 0 heterocycles. The summed E-state index contributed by atoms with van der Waals surface area (Å²) in [5, 5.41) is 0. The van der Waals surface area contributed by atoms with Crippen molar-refractivity contribution in [1.29, 1.82) is 0 Å². The maximum atomic E-state index is 12.9. The average molecular weight is 490 g/mol. The summed E-state index contributed by atoms with van der Waals surface area (Å²) >= 11 is 0. The molecule has 0 fully saturated rings. The zero-order valence-corrected chi connectivity index (χ0v) is 18.4. The van der Waals surface area contributed by atoms with Crippen LogP contribution in [0.2, 0.25) is 0 Å². The van der Waals surface area contributed by atoms with Gasteiger partial charge in [-0.25, -0.2) is 9.59 Å². The highest BCUT2D eigenvalue weighted by Crippen LogP contribution is 2.26. The molecule has 0 aliphatic carbocycles. The van der Waals surface area contributed by atoms with Crippen molar-refractivity contribution in [2.75, 3.05) is 5.75 Å². The third kappa shape index (κ3) is 7.39. The quantitative estimate of drug-likeness (QED) is 0.248. The van der Waals surface area contributed by atoms with Crippen molar-refractivity contribution >= 4 is 45.6 Å². The SMILES string of the molecule is [B]Cc1cc(C[B])c(C[B])c(C(=O)Oc2ccc(C(=O)OC(CS(=O)(=O)O)C(F)(F)F)cc2)c1. The Hall–Kier alpha value is -2.73. The van der Waals surface area contributed by atoms with E-state index in [-0.39, 0.29) is 35.8 Å². The van der Waals surface area contributed by atoms with E-state index in [1.807, 2.05) is 0 Å². The van der Waals surface area contributed by atoms with E-state index in [2.05, 4.69) is 4.74 Å². The second-order valence-corrected chi connectivity index (χ2v) is 8.49. The molecule has 0 bridgehead atoms. The zero-order chi connectivity index (χ0) is 25.7. The zero-order valence-electron chi connectivity index (χ0n) is 17.5. The van der Waals surface area contributed by atoms with E-state index in [4.69, 9.17) is 32.8 Å². The lowest BCUT2D eigenvalue weighted by Gasteiger charge is -2.19. The molecule has 2 aromatic carbocycles. The fourth-order valence-electron chi connectivity index (χ4n) is 2.93. The Bertz CT molecular complexity index is 1150. The molecule has 7 nitrogen and oxygen atoms in total. The molecular formula is C20H16B3F3O7S. The molecule has 0 saturated heterocycles. The highest BCUT2D eigenvalue weighted by atomic mass is 32.2. The summed E-state index contributed by atoms with van der Waals surface area (Å²) in [7, 11) is 12.0. The van der Waals surface area contributed by atoms with Crippen molar-refractivity contribution in [1.82, 2.24) is 0 Å². The van der Waals surface area contributed by atoms with Gasteiger partial charge in [0.25, 0.3) is 10.1 Å². The van der Waals surface area contributed by atoms with Crippen LogP contribution in [0.1, 0.15) is 37.4 Å². The van der Waals surface area contributed by atoms with E-state index in [9.17, 15) is 31.2 Å². The molecule has 0 spiro atoms. The number of hydrogen-bond acceptors (Lipinski definition) is 6. The van der Waals surface area contributed by atoms with Gasteiger partial charge < -0.3 is 9.47 Å². The number of rotatable bonds is 9. The van der Waals surface area contributed by atoms with Crippen LogP contribution in [0, 0.1) is 0 Å². The second-order valence-electron chi connectivity index (χ2n) is 6.99. The summed E-state index contributed by atoms with van der Waals surface area (Å²) in [6.45, 7) is 0. The lowest BCUT2D eigenvalue weighted by Crippen LogP contribution is -2.39. The molecule has 1 unspecified atom stereocenters. The maximum Gasteiger partial charge on any atom is 0.426 e. The summed E-state index contributed by atoms with van der Waals surface area (Å²) in [5.74, 6) is -4.21. The minimum absolute atomic E-state index is 0.00344. The van der Waals surface area contributed by atoms with Crippen LogP contribution in [0.3, 0.4) is 0 Å². The monoisotopic (exact) mass is 490 g/mol. The number of alkyl halides is 3. The largest absolute Gasteiger partial charge is 0.448 e. The third-order valence-corrected chi connectivity index (χ3v) is 5.28. The van der Waals surface area contributed by atoms with Crippen LogP contribution in [0.25, 0.3) is 0 Å².